The van der Waals surface area contributed by atoms with Gasteiger partial charge in [0, 0.05) is 5.69 Å². The summed E-state index contributed by atoms with van der Waals surface area (Å²) >= 11 is 0. The summed E-state index contributed by atoms with van der Waals surface area (Å²) in [6.45, 7) is 0. The molecule has 3 rings (SSSR count). The summed E-state index contributed by atoms with van der Waals surface area (Å²) < 4.78 is 10.4. The average molecular weight is 255 g/mol. The van der Waals surface area contributed by atoms with E-state index >= 15 is 0 Å². The Hall–Kier alpha value is -2.56. The molecule has 1 N–H and O–H groups in total. The molecular formula is C14H13N3O2. The number of methoxy groups -OCH3 is 2. The Morgan fingerprint density at radius 2 is 1.79 bits per heavy atom. The number of ether oxygens (including phenoxy) is 2. The van der Waals surface area contributed by atoms with Crippen molar-refractivity contribution in [3.05, 3.63) is 36.7 Å². The molecule has 1 aromatic carbocycles. The van der Waals surface area contributed by atoms with Gasteiger partial charge in [0.15, 0.2) is 0 Å². The minimum Gasteiger partial charge on any atom is -0.497 e. The van der Waals surface area contributed by atoms with E-state index in [9.17, 15) is 0 Å². The minimum absolute atomic E-state index is 0.570. The van der Waals surface area contributed by atoms with Gasteiger partial charge in [0.1, 0.15) is 17.7 Å². The molecule has 0 aliphatic carbocycles. The normalized spacial score (nSPS) is 10.6. The number of nitrogens with one attached hydrogen (secondary N) is 1. The van der Waals surface area contributed by atoms with Crippen LogP contribution in [0, 0.1) is 0 Å². The second-order valence-electron chi connectivity index (χ2n) is 4.06. The number of aromatic amines is 1. The third-order valence-corrected chi connectivity index (χ3v) is 2.98. The van der Waals surface area contributed by atoms with E-state index in [0.717, 1.165) is 28.0 Å². The summed E-state index contributed by atoms with van der Waals surface area (Å²) in [7, 11) is 3.25. The molecule has 19 heavy (non-hydrogen) atoms. The molecule has 0 saturated carbocycles. The van der Waals surface area contributed by atoms with Crippen molar-refractivity contribution in [3.63, 3.8) is 0 Å². The second-order valence-corrected chi connectivity index (χ2v) is 4.06. The van der Waals surface area contributed by atoms with Crippen LogP contribution in [0.2, 0.25) is 0 Å². The van der Waals surface area contributed by atoms with Crippen molar-refractivity contribution in [2.24, 2.45) is 0 Å². The first kappa shape index (κ1) is 11.5. The van der Waals surface area contributed by atoms with E-state index < -0.39 is 0 Å². The molecule has 0 unspecified atom stereocenters. The van der Waals surface area contributed by atoms with Gasteiger partial charge in [-0.25, -0.2) is 9.97 Å². The molecule has 0 amide bonds. The van der Waals surface area contributed by atoms with Crippen LogP contribution in [0.25, 0.3) is 22.3 Å². The summed E-state index contributed by atoms with van der Waals surface area (Å²) in [6, 6.07) is 9.80. The van der Waals surface area contributed by atoms with Crippen LogP contribution in [0.15, 0.2) is 36.7 Å². The monoisotopic (exact) mass is 255 g/mol. The van der Waals surface area contributed by atoms with E-state index in [0.29, 0.717) is 5.88 Å². The Morgan fingerprint density at radius 3 is 2.47 bits per heavy atom. The topological polar surface area (TPSA) is 60.0 Å². The predicted molar refractivity (Wildman–Crippen MR) is 72.4 cm³/mol. The molecule has 0 bridgehead atoms. The van der Waals surface area contributed by atoms with Crippen molar-refractivity contribution < 1.29 is 9.47 Å². The van der Waals surface area contributed by atoms with E-state index in [-0.39, 0.29) is 0 Å². The number of H-pyrrole nitrogens is 1. The molecule has 2 heterocycles. The Labute approximate surface area is 110 Å². The van der Waals surface area contributed by atoms with Gasteiger partial charge in [0.25, 0.3) is 0 Å². The van der Waals surface area contributed by atoms with E-state index in [1.54, 1.807) is 14.2 Å². The van der Waals surface area contributed by atoms with Gasteiger partial charge in [0.05, 0.1) is 19.6 Å². The lowest BCUT2D eigenvalue weighted by Gasteiger charge is -2.00. The van der Waals surface area contributed by atoms with Gasteiger partial charge in [0.2, 0.25) is 5.88 Å². The SMILES string of the molecule is COc1ccc(-c2cc3c(OC)ncnc3[nH]2)cc1. The summed E-state index contributed by atoms with van der Waals surface area (Å²) in [5.41, 5.74) is 2.79. The van der Waals surface area contributed by atoms with Crippen LogP contribution in [0.5, 0.6) is 11.6 Å². The van der Waals surface area contributed by atoms with Crippen molar-refractivity contribution in [2.75, 3.05) is 14.2 Å². The van der Waals surface area contributed by atoms with Crippen LogP contribution in [0.3, 0.4) is 0 Å². The maximum Gasteiger partial charge on any atom is 0.225 e. The lowest BCUT2D eigenvalue weighted by molar-refractivity contribution is 0.402. The third kappa shape index (κ3) is 1.99. The standard InChI is InChI=1S/C14H13N3O2/c1-18-10-5-3-9(4-6-10)12-7-11-13(17-12)15-8-16-14(11)19-2/h3-8H,1-2H3,(H,15,16,17). The molecule has 3 aromatic rings. The summed E-state index contributed by atoms with van der Waals surface area (Å²) in [5, 5.41) is 0.871. The van der Waals surface area contributed by atoms with Crippen LogP contribution in [-0.4, -0.2) is 29.2 Å². The summed E-state index contributed by atoms with van der Waals surface area (Å²) in [5.74, 6) is 1.40. The molecule has 0 fully saturated rings. The van der Waals surface area contributed by atoms with E-state index in [4.69, 9.17) is 9.47 Å². The number of benzene rings is 1. The van der Waals surface area contributed by atoms with Gasteiger partial charge in [-0.3, -0.25) is 0 Å². The lowest BCUT2D eigenvalue weighted by atomic mass is 10.1. The zero-order valence-electron chi connectivity index (χ0n) is 10.7. The molecule has 5 heteroatoms. The van der Waals surface area contributed by atoms with E-state index in [1.807, 2.05) is 30.3 Å². The molecule has 0 spiro atoms. The molecule has 0 radical (unpaired) electrons. The van der Waals surface area contributed by atoms with Crippen molar-refractivity contribution in [1.82, 2.24) is 15.0 Å². The first-order valence-corrected chi connectivity index (χ1v) is 5.84. The largest absolute Gasteiger partial charge is 0.497 e. The van der Waals surface area contributed by atoms with E-state index in [2.05, 4.69) is 15.0 Å². The molecule has 96 valence electrons. The first-order valence-electron chi connectivity index (χ1n) is 5.84. The quantitative estimate of drug-likeness (QED) is 0.781. The Bertz CT molecular complexity index is 704. The van der Waals surface area contributed by atoms with Gasteiger partial charge in [-0.15, -0.1) is 0 Å². The predicted octanol–water partition coefficient (Wildman–Crippen LogP) is 2.64. The number of rotatable bonds is 3. The van der Waals surface area contributed by atoms with Gasteiger partial charge in [-0.1, -0.05) is 0 Å². The maximum atomic E-state index is 5.22. The molecular weight excluding hydrogens is 242 g/mol. The number of hydrogen-bond donors (Lipinski definition) is 1. The first-order chi connectivity index (χ1) is 9.31. The van der Waals surface area contributed by atoms with Crippen molar-refractivity contribution in [2.45, 2.75) is 0 Å². The average Bonchev–Trinajstić information content (AvgIpc) is 2.91. The fraction of sp³-hybridized carbons (Fsp3) is 0.143. The van der Waals surface area contributed by atoms with Crippen LogP contribution < -0.4 is 9.47 Å². The van der Waals surface area contributed by atoms with Crippen LogP contribution in [0.1, 0.15) is 0 Å². The molecule has 2 aromatic heterocycles. The van der Waals surface area contributed by atoms with Gasteiger partial charge in [-0.2, -0.15) is 0 Å². The number of fused-ring (bicyclic) bond motifs is 1. The van der Waals surface area contributed by atoms with Gasteiger partial charge < -0.3 is 14.5 Å². The minimum atomic E-state index is 0.570. The highest BCUT2D eigenvalue weighted by atomic mass is 16.5. The Kier molecular flexibility index (Phi) is 2.79. The number of hydrogen-bond acceptors (Lipinski definition) is 4. The second kappa shape index (κ2) is 4.61. The fourth-order valence-corrected chi connectivity index (χ4v) is 2.01. The van der Waals surface area contributed by atoms with Crippen molar-refractivity contribution >= 4 is 11.0 Å². The summed E-state index contributed by atoms with van der Waals surface area (Å²) in [6.07, 6.45) is 1.48. The molecule has 0 saturated heterocycles. The highest BCUT2D eigenvalue weighted by molar-refractivity contribution is 5.86. The molecule has 5 nitrogen and oxygen atoms in total. The number of nitrogens with zero attached hydrogens (tertiary/aromatic N) is 2. The van der Waals surface area contributed by atoms with Crippen molar-refractivity contribution in [3.8, 4) is 22.9 Å². The molecule has 0 aliphatic rings. The van der Waals surface area contributed by atoms with Gasteiger partial charge >= 0.3 is 0 Å². The fourth-order valence-electron chi connectivity index (χ4n) is 2.01. The third-order valence-electron chi connectivity index (χ3n) is 2.98. The Balaban J connectivity index is 2.09. The lowest BCUT2D eigenvalue weighted by Crippen LogP contribution is -1.88. The Morgan fingerprint density at radius 1 is 1.00 bits per heavy atom. The smallest absolute Gasteiger partial charge is 0.225 e. The zero-order chi connectivity index (χ0) is 13.2. The van der Waals surface area contributed by atoms with Crippen LogP contribution in [0.4, 0.5) is 0 Å². The summed E-state index contributed by atoms with van der Waals surface area (Å²) in [4.78, 5) is 11.5. The van der Waals surface area contributed by atoms with Gasteiger partial charge in [-0.05, 0) is 35.9 Å². The highest BCUT2D eigenvalue weighted by Gasteiger charge is 2.09. The van der Waals surface area contributed by atoms with Crippen LogP contribution in [-0.2, 0) is 0 Å². The van der Waals surface area contributed by atoms with Crippen LogP contribution >= 0.6 is 0 Å². The number of aromatic nitrogens is 3. The molecule has 0 atom stereocenters. The molecule has 0 aliphatic heterocycles. The maximum absolute atomic E-state index is 5.22. The highest BCUT2D eigenvalue weighted by Crippen LogP contribution is 2.28. The van der Waals surface area contributed by atoms with E-state index in [1.165, 1.54) is 6.33 Å². The van der Waals surface area contributed by atoms with Crippen molar-refractivity contribution in [1.29, 1.82) is 0 Å². The zero-order valence-corrected chi connectivity index (χ0v) is 10.7.